The van der Waals surface area contributed by atoms with Crippen LogP contribution < -0.4 is 0 Å². The van der Waals surface area contributed by atoms with Gasteiger partial charge in [-0.25, -0.2) is 0 Å². The lowest BCUT2D eigenvalue weighted by Gasteiger charge is -2.06. The van der Waals surface area contributed by atoms with Crippen molar-refractivity contribution < 1.29 is 0 Å². The van der Waals surface area contributed by atoms with Gasteiger partial charge in [0.1, 0.15) is 0 Å². The molecule has 0 aromatic carbocycles. The molecule has 0 aliphatic rings. The summed E-state index contributed by atoms with van der Waals surface area (Å²) in [5, 5.41) is 0. The zero-order valence-electron chi connectivity index (χ0n) is 8.96. The summed E-state index contributed by atoms with van der Waals surface area (Å²) in [4.78, 5) is 4.33. The summed E-state index contributed by atoms with van der Waals surface area (Å²) in [5.41, 5.74) is 1.21. The van der Waals surface area contributed by atoms with E-state index in [1.165, 1.54) is 5.70 Å². The van der Waals surface area contributed by atoms with Crippen molar-refractivity contribution >= 4 is 6.21 Å². The lowest BCUT2D eigenvalue weighted by molar-refractivity contribution is 0.649. The summed E-state index contributed by atoms with van der Waals surface area (Å²) in [6.45, 7) is 10.8. The highest BCUT2D eigenvalue weighted by molar-refractivity contribution is 5.55. The van der Waals surface area contributed by atoms with E-state index in [9.17, 15) is 0 Å². The van der Waals surface area contributed by atoms with Gasteiger partial charge < -0.3 is 0 Å². The normalized spacial score (nSPS) is 13.8. The molecule has 0 heterocycles. The zero-order valence-corrected chi connectivity index (χ0v) is 8.96. The topological polar surface area (TPSA) is 12.4 Å². The first-order valence-corrected chi connectivity index (χ1v) is 4.76. The van der Waals surface area contributed by atoms with E-state index < -0.39 is 0 Å². The molecule has 0 aromatic rings. The van der Waals surface area contributed by atoms with Crippen molar-refractivity contribution in [2.75, 3.05) is 0 Å². The SMILES string of the molecule is C/C=N\C(=C/CC(C)C)C(C)C. The Bertz CT molecular complexity index is 164. The van der Waals surface area contributed by atoms with E-state index in [0.29, 0.717) is 5.92 Å². The number of rotatable bonds is 4. The molecule has 0 atom stereocenters. The molecule has 0 amide bonds. The summed E-state index contributed by atoms with van der Waals surface area (Å²) in [5.74, 6) is 1.27. The molecule has 0 unspecified atom stereocenters. The molecule has 0 aliphatic carbocycles. The Morgan fingerprint density at radius 2 is 1.83 bits per heavy atom. The molecular weight excluding hydrogens is 146 g/mol. The van der Waals surface area contributed by atoms with Crippen LogP contribution in [-0.2, 0) is 0 Å². The minimum atomic E-state index is 0.542. The molecule has 0 radical (unpaired) electrons. The van der Waals surface area contributed by atoms with E-state index in [1.54, 1.807) is 0 Å². The average molecular weight is 167 g/mol. The predicted molar refractivity (Wildman–Crippen MR) is 56.5 cm³/mol. The quantitative estimate of drug-likeness (QED) is 0.567. The van der Waals surface area contributed by atoms with Crippen LogP contribution in [0.25, 0.3) is 0 Å². The second kappa shape index (κ2) is 5.99. The van der Waals surface area contributed by atoms with Crippen LogP contribution in [0.4, 0.5) is 0 Å². The van der Waals surface area contributed by atoms with Crippen LogP contribution in [0.3, 0.4) is 0 Å². The molecule has 1 heteroatoms. The molecule has 12 heavy (non-hydrogen) atoms. The lowest BCUT2D eigenvalue weighted by Crippen LogP contribution is -1.93. The standard InChI is InChI=1S/C11H21N/c1-6-12-11(10(4)5)8-7-9(2)3/h6,8-10H,7H2,1-5H3/b11-8-,12-6-. The van der Waals surface area contributed by atoms with Crippen LogP contribution in [0.1, 0.15) is 41.0 Å². The van der Waals surface area contributed by atoms with E-state index in [4.69, 9.17) is 0 Å². The van der Waals surface area contributed by atoms with Crippen molar-refractivity contribution in [1.82, 2.24) is 0 Å². The molecule has 0 aromatic heterocycles. The maximum Gasteiger partial charge on any atom is 0.0385 e. The molecule has 0 N–H and O–H groups in total. The molecule has 0 aliphatic heterocycles. The Kier molecular flexibility index (Phi) is 5.69. The van der Waals surface area contributed by atoms with Gasteiger partial charge in [-0.15, -0.1) is 0 Å². The smallest absolute Gasteiger partial charge is 0.0385 e. The van der Waals surface area contributed by atoms with Crippen molar-refractivity contribution in [1.29, 1.82) is 0 Å². The van der Waals surface area contributed by atoms with Crippen molar-refractivity contribution in [2.24, 2.45) is 16.8 Å². The van der Waals surface area contributed by atoms with Gasteiger partial charge in [0.2, 0.25) is 0 Å². The largest absolute Gasteiger partial charge is 0.266 e. The van der Waals surface area contributed by atoms with Crippen molar-refractivity contribution in [3.63, 3.8) is 0 Å². The maximum atomic E-state index is 4.33. The first kappa shape index (κ1) is 11.4. The van der Waals surface area contributed by atoms with Gasteiger partial charge in [-0.05, 0) is 25.2 Å². The molecule has 0 bridgehead atoms. The number of hydrogen-bond acceptors (Lipinski definition) is 1. The van der Waals surface area contributed by atoms with E-state index in [0.717, 1.165) is 12.3 Å². The fourth-order valence-corrected chi connectivity index (χ4v) is 0.943. The Hall–Kier alpha value is -0.590. The Morgan fingerprint density at radius 3 is 2.17 bits per heavy atom. The van der Waals surface area contributed by atoms with E-state index in [2.05, 4.69) is 38.8 Å². The second-order valence-corrected chi connectivity index (χ2v) is 3.80. The fraction of sp³-hybridized carbons (Fsp3) is 0.727. The average Bonchev–Trinajstić information content (AvgIpc) is 1.96. The van der Waals surface area contributed by atoms with Gasteiger partial charge in [0.25, 0.3) is 0 Å². The van der Waals surface area contributed by atoms with Crippen LogP contribution in [0.5, 0.6) is 0 Å². The van der Waals surface area contributed by atoms with Crippen LogP contribution >= 0.6 is 0 Å². The third kappa shape index (κ3) is 5.11. The lowest BCUT2D eigenvalue weighted by atomic mass is 10.1. The fourth-order valence-electron chi connectivity index (χ4n) is 0.943. The van der Waals surface area contributed by atoms with Crippen LogP contribution in [0.15, 0.2) is 16.8 Å². The highest BCUT2D eigenvalue weighted by atomic mass is 14.7. The van der Waals surface area contributed by atoms with Gasteiger partial charge in [0, 0.05) is 11.9 Å². The predicted octanol–water partition coefficient (Wildman–Crippen LogP) is 3.66. The van der Waals surface area contributed by atoms with E-state index in [1.807, 2.05) is 13.1 Å². The Morgan fingerprint density at radius 1 is 1.25 bits per heavy atom. The molecule has 0 saturated carbocycles. The molecule has 0 rings (SSSR count). The highest BCUT2D eigenvalue weighted by Crippen LogP contribution is 2.13. The summed E-state index contributed by atoms with van der Waals surface area (Å²) in [6, 6.07) is 0. The zero-order chi connectivity index (χ0) is 9.56. The van der Waals surface area contributed by atoms with Gasteiger partial charge in [-0.1, -0.05) is 33.8 Å². The van der Waals surface area contributed by atoms with Crippen molar-refractivity contribution in [3.05, 3.63) is 11.8 Å². The number of nitrogens with zero attached hydrogens (tertiary/aromatic N) is 1. The summed E-state index contributed by atoms with van der Waals surface area (Å²) < 4.78 is 0. The minimum absolute atomic E-state index is 0.542. The second-order valence-electron chi connectivity index (χ2n) is 3.80. The van der Waals surface area contributed by atoms with Gasteiger partial charge in [0.05, 0.1) is 0 Å². The van der Waals surface area contributed by atoms with Gasteiger partial charge in [-0.2, -0.15) is 0 Å². The van der Waals surface area contributed by atoms with Crippen LogP contribution in [-0.4, -0.2) is 6.21 Å². The molecule has 0 fully saturated rings. The molecule has 1 nitrogen and oxygen atoms in total. The first-order valence-electron chi connectivity index (χ1n) is 4.76. The molecular formula is C11H21N. The summed E-state index contributed by atoms with van der Waals surface area (Å²) >= 11 is 0. The molecule has 70 valence electrons. The molecule has 0 spiro atoms. The summed E-state index contributed by atoms with van der Waals surface area (Å²) in [7, 11) is 0. The monoisotopic (exact) mass is 167 g/mol. The highest BCUT2D eigenvalue weighted by Gasteiger charge is 2.00. The van der Waals surface area contributed by atoms with Crippen molar-refractivity contribution in [2.45, 2.75) is 41.0 Å². The first-order chi connectivity index (χ1) is 5.57. The van der Waals surface area contributed by atoms with Crippen molar-refractivity contribution in [3.8, 4) is 0 Å². The molecule has 0 saturated heterocycles. The van der Waals surface area contributed by atoms with Gasteiger partial charge in [0.15, 0.2) is 0 Å². The minimum Gasteiger partial charge on any atom is -0.266 e. The third-order valence-corrected chi connectivity index (χ3v) is 1.67. The van der Waals surface area contributed by atoms with Gasteiger partial charge >= 0.3 is 0 Å². The summed E-state index contributed by atoms with van der Waals surface area (Å²) in [6.07, 6.45) is 5.24. The third-order valence-electron chi connectivity index (χ3n) is 1.67. The van der Waals surface area contributed by atoms with Gasteiger partial charge in [-0.3, -0.25) is 4.99 Å². The Balaban J connectivity index is 4.19. The number of allylic oxidation sites excluding steroid dienone is 2. The number of aliphatic imine (C=N–C) groups is 1. The van der Waals surface area contributed by atoms with E-state index in [-0.39, 0.29) is 0 Å². The van der Waals surface area contributed by atoms with E-state index >= 15 is 0 Å². The number of hydrogen-bond donors (Lipinski definition) is 0. The van der Waals surface area contributed by atoms with Crippen LogP contribution in [0, 0.1) is 11.8 Å². The van der Waals surface area contributed by atoms with Crippen LogP contribution in [0.2, 0.25) is 0 Å². The maximum absolute atomic E-state index is 4.33. The Labute approximate surface area is 76.6 Å².